The van der Waals surface area contributed by atoms with Crippen LogP contribution in [-0.2, 0) is 7.05 Å². The number of hydrogen-bond donors (Lipinski definition) is 1. The van der Waals surface area contributed by atoms with Gasteiger partial charge in [0.2, 0.25) is 0 Å². The van der Waals surface area contributed by atoms with Gasteiger partial charge in [-0.05, 0) is 0 Å². The Morgan fingerprint density at radius 2 is 2.18 bits per heavy atom. The van der Waals surface area contributed by atoms with Gasteiger partial charge in [-0.25, -0.2) is 4.79 Å². The Bertz CT molecular complexity index is 302. The Morgan fingerprint density at radius 1 is 1.64 bits per heavy atom. The van der Waals surface area contributed by atoms with Gasteiger partial charge in [-0.3, -0.25) is 4.98 Å². The predicted octanol–water partition coefficient (Wildman–Crippen LogP) is 0.611. The van der Waals surface area contributed by atoms with Gasteiger partial charge in [0, 0.05) is 13.2 Å². The fourth-order valence-electron chi connectivity index (χ4n) is 0.545. The standard InChI is InChI=1S/C5H5N3O.C2H6/c1-8-3-4(2-6)7-5(8)9;1-2/h3H,1H3,(H,7,9);1-2H3. The van der Waals surface area contributed by atoms with Crippen LogP contribution in [0.15, 0.2) is 11.0 Å². The van der Waals surface area contributed by atoms with Crippen molar-refractivity contribution in [2.45, 2.75) is 13.8 Å². The number of H-pyrrole nitrogens is 1. The van der Waals surface area contributed by atoms with Crippen LogP contribution in [0.5, 0.6) is 0 Å². The minimum absolute atomic E-state index is 0.258. The lowest BCUT2D eigenvalue weighted by atomic mass is 10.5. The Kier molecular flexibility index (Phi) is 3.75. The maximum atomic E-state index is 10.6. The zero-order chi connectivity index (χ0) is 8.85. The fourth-order valence-corrected chi connectivity index (χ4v) is 0.545. The van der Waals surface area contributed by atoms with Crippen molar-refractivity contribution in [3.8, 4) is 6.07 Å². The van der Waals surface area contributed by atoms with Crippen molar-refractivity contribution in [3.05, 3.63) is 22.4 Å². The lowest BCUT2D eigenvalue weighted by Crippen LogP contribution is -2.11. The SMILES string of the molecule is CC.Cn1cc(C#N)[nH]c1=O. The first kappa shape index (κ1) is 9.50. The van der Waals surface area contributed by atoms with Gasteiger partial charge >= 0.3 is 5.69 Å². The van der Waals surface area contributed by atoms with Gasteiger partial charge in [0.05, 0.1) is 0 Å². The van der Waals surface area contributed by atoms with Crippen molar-refractivity contribution in [2.75, 3.05) is 0 Å². The number of nitriles is 1. The van der Waals surface area contributed by atoms with E-state index in [-0.39, 0.29) is 5.69 Å². The van der Waals surface area contributed by atoms with Gasteiger partial charge in [-0.1, -0.05) is 13.8 Å². The maximum absolute atomic E-state index is 10.6. The Hall–Kier alpha value is -1.50. The molecule has 1 aromatic rings. The van der Waals surface area contributed by atoms with Crippen LogP contribution in [0.2, 0.25) is 0 Å². The third-order valence-electron chi connectivity index (χ3n) is 1.01. The molecule has 0 bridgehead atoms. The predicted molar refractivity (Wildman–Crippen MR) is 42.1 cm³/mol. The molecule has 4 heteroatoms. The van der Waals surface area contributed by atoms with E-state index in [9.17, 15) is 4.79 Å². The van der Waals surface area contributed by atoms with Crippen LogP contribution in [0, 0.1) is 11.3 Å². The molecule has 1 N–H and O–H groups in total. The highest BCUT2D eigenvalue weighted by molar-refractivity contribution is 5.15. The highest BCUT2D eigenvalue weighted by Crippen LogP contribution is 1.82. The molecule has 0 unspecified atom stereocenters. The summed E-state index contributed by atoms with van der Waals surface area (Å²) in [5.41, 5.74) is 0.0362. The normalized spacial score (nSPS) is 7.82. The summed E-state index contributed by atoms with van der Waals surface area (Å²) >= 11 is 0. The topological polar surface area (TPSA) is 61.6 Å². The zero-order valence-corrected chi connectivity index (χ0v) is 6.88. The molecule has 1 aromatic heterocycles. The smallest absolute Gasteiger partial charge is 0.301 e. The van der Waals surface area contributed by atoms with Crippen molar-refractivity contribution in [1.82, 2.24) is 9.55 Å². The molecule has 0 saturated carbocycles. The van der Waals surface area contributed by atoms with E-state index < -0.39 is 0 Å². The summed E-state index contributed by atoms with van der Waals surface area (Å²) in [6, 6.07) is 1.81. The van der Waals surface area contributed by atoms with Crippen molar-refractivity contribution in [1.29, 1.82) is 5.26 Å². The molecule has 0 aromatic carbocycles. The Morgan fingerprint density at radius 3 is 2.36 bits per heavy atom. The monoisotopic (exact) mass is 153 g/mol. The van der Waals surface area contributed by atoms with Gasteiger partial charge in [0.1, 0.15) is 11.8 Å². The molecule has 1 heterocycles. The molecular formula is C7H11N3O. The molecule has 4 nitrogen and oxygen atoms in total. The average molecular weight is 153 g/mol. The highest BCUT2D eigenvalue weighted by atomic mass is 16.1. The number of imidazole rings is 1. The van der Waals surface area contributed by atoms with Gasteiger partial charge in [-0.15, -0.1) is 0 Å². The van der Waals surface area contributed by atoms with E-state index >= 15 is 0 Å². The zero-order valence-electron chi connectivity index (χ0n) is 6.88. The van der Waals surface area contributed by atoms with E-state index in [1.165, 1.54) is 10.8 Å². The number of rotatable bonds is 0. The molecule has 0 amide bonds. The van der Waals surface area contributed by atoms with E-state index in [2.05, 4.69) is 4.98 Å². The number of hydrogen-bond acceptors (Lipinski definition) is 2. The largest absolute Gasteiger partial charge is 0.326 e. The summed E-state index contributed by atoms with van der Waals surface area (Å²) in [5.74, 6) is 0. The summed E-state index contributed by atoms with van der Waals surface area (Å²) in [6.07, 6.45) is 1.45. The van der Waals surface area contributed by atoms with E-state index in [4.69, 9.17) is 5.26 Å². The van der Waals surface area contributed by atoms with Crippen LogP contribution in [0.25, 0.3) is 0 Å². The third-order valence-corrected chi connectivity index (χ3v) is 1.01. The second kappa shape index (κ2) is 4.34. The van der Waals surface area contributed by atoms with Gasteiger partial charge in [-0.2, -0.15) is 5.26 Å². The van der Waals surface area contributed by atoms with Crippen molar-refractivity contribution >= 4 is 0 Å². The first-order valence-corrected chi connectivity index (χ1v) is 3.40. The van der Waals surface area contributed by atoms with Crippen LogP contribution < -0.4 is 5.69 Å². The first-order valence-electron chi connectivity index (χ1n) is 3.40. The van der Waals surface area contributed by atoms with E-state index in [1.54, 1.807) is 7.05 Å². The van der Waals surface area contributed by atoms with Gasteiger partial charge in [0.15, 0.2) is 0 Å². The fraction of sp³-hybridized carbons (Fsp3) is 0.429. The molecule has 0 aliphatic rings. The molecule has 0 atom stereocenters. The molecule has 0 aliphatic heterocycles. The van der Waals surface area contributed by atoms with E-state index in [1.807, 2.05) is 19.9 Å². The number of aromatic amines is 1. The number of nitrogens with one attached hydrogen (secondary N) is 1. The van der Waals surface area contributed by atoms with Crippen LogP contribution in [0.3, 0.4) is 0 Å². The molecule has 0 fully saturated rings. The summed E-state index contributed by atoms with van der Waals surface area (Å²) in [6.45, 7) is 4.00. The average Bonchev–Trinajstić information content (AvgIpc) is 2.36. The number of aryl methyl sites for hydroxylation is 1. The number of aromatic nitrogens is 2. The second-order valence-electron chi connectivity index (χ2n) is 1.70. The summed E-state index contributed by atoms with van der Waals surface area (Å²) in [4.78, 5) is 12.9. The van der Waals surface area contributed by atoms with Crippen molar-refractivity contribution in [3.63, 3.8) is 0 Å². The lowest BCUT2D eigenvalue weighted by Gasteiger charge is -1.76. The summed E-state index contributed by atoms with van der Waals surface area (Å²) in [7, 11) is 1.58. The van der Waals surface area contributed by atoms with E-state index in [0.29, 0.717) is 5.69 Å². The molecule has 0 saturated heterocycles. The second-order valence-corrected chi connectivity index (χ2v) is 1.70. The highest BCUT2D eigenvalue weighted by Gasteiger charge is 1.94. The lowest BCUT2D eigenvalue weighted by molar-refractivity contribution is 0.862. The van der Waals surface area contributed by atoms with Gasteiger partial charge < -0.3 is 4.57 Å². The number of nitrogens with zero attached hydrogens (tertiary/aromatic N) is 2. The molecular weight excluding hydrogens is 142 g/mol. The maximum Gasteiger partial charge on any atom is 0.326 e. The van der Waals surface area contributed by atoms with Crippen LogP contribution in [0.1, 0.15) is 19.5 Å². The molecule has 1 rings (SSSR count). The minimum Gasteiger partial charge on any atom is -0.301 e. The first-order chi connectivity index (χ1) is 5.24. The molecule has 11 heavy (non-hydrogen) atoms. The minimum atomic E-state index is -0.258. The van der Waals surface area contributed by atoms with Crippen LogP contribution >= 0.6 is 0 Å². The molecule has 0 spiro atoms. The Labute approximate surface area is 65.1 Å². The van der Waals surface area contributed by atoms with Crippen LogP contribution in [0.4, 0.5) is 0 Å². The molecule has 0 radical (unpaired) electrons. The van der Waals surface area contributed by atoms with E-state index in [0.717, 1.165) is 0 Å². The van der Waals surface area contributed by atoms with Crippen LogP contribution in [-0.4, -0.2) is 9.55 Å². The molecule has 0 aliphatic carbocycles. The quantitative estimate of drug-likeness (QED) is 0.593. The Balaban J connectivity index is 0.000000461. The summed E-state index contributed by atoms with van der Waals surface area (Å²) < 4.78 is 1.32. The van der Waals surface area contributed by atoms with Crippen molar-refractivity contribution < 1.29 is 0 Å². The molecule has 60 valence electrons. The summed E-state index contributed by atoms with van der Waals surface area (Å²) in [5, 5.41) is 8.24. The van der Waals surface area contributed by atoms with Crippen molar-refractivity contribution in [2.24, 2.45) is 7.05 Å². The van der Waals surface area contributed by atoms with Gasteiger partial charge in [0.25, 0.3) is 0 Å². The third kappa shape index (κ3) is 2.30.